The number of nitrogens with zero attached hydrogens (tertiary/aromatic N) is 3. The molecule has 0 saturated carbocycles. The van der Waals surface area contributed by atoms with E-state index in [4.69, 9.17) is 0 Å². The Bertz CT molecular complexity index is 572. The lowest BCUT2D eigenvalue weighted by Gasteiger charge is -2.20. The lowest BCUT2D eigenvalue weighted by molar-refractivity contribution is 0.618. The lowest BCUT2D eigenvalue weighted by atomic mass is 9.95. The highest BCUT2D eigenvalue weighted by molar-refractivity contribution is 5.39. The quantitative estimate of drug-likeness (QED) is 0.916. The van der Waals surface area contributed by atoms with Gasteiger partial charge in [0.25, 0.3) is 0 Å². The maximum Gasteiger partial charge on any atom is 0.0647 e. The van der Waals surface area contributed by atoms with Gasteiger partial charge in [-0.2, -0.15) is 5.10 Å². The molecular formula is C15H22N4. The summed E-state index contributed by atoms with van der Waals surface area (Å²) in [7, 11) is 1.99. The fourth-order valence-electron chi connectivity index (χ4n) is 2.56. The van der Waals surface area contributed by atoms with Crippen molar-refractivity contribution in [2.24, 2.45) is 7.05 Å². The van der Waals surface area contributed by atoms with Crippen molar-refractivity contribution in [3.05, 3.63) is 46.5 Å². The summed E-state index contributed by atoms with van der Waals surface area (Å²) in [6.45, 7) is 9.35. The van der Waals surface area contributed by atoms with Gasteiger partial charge >= 0.3 is 0 Å². The van der Waals surface area contributed by atoms with E-state index in [0.29, 0.717) is 0 Å². The second-order valence-electron chi connectivity index (χ2n) is 4.93. The molecule has 0 amide bonds. The Balaban J connectivity index is 2.55. The highest BCUT2D eigenvalue weighted by atomic mass is 15.3. The van der Waals surface area contributed by atoms with Crippen molar-refractivity contribution >= 4 is 0 Å². The van der Waals surface area contributed by atoms with E-state index in [1.54, 1.807) is 0 Å². The van der Waals surface area contributed by atoms with Crippen LogP contribution >= 0.6 is 0 Å². The topological polar surface area (TPSA) is 42.7 Å². The maximum atomic E-state index is 4.53. The number of aromatic nitrogens is 3. The van der Waals surface area contributed by atoms with Crippen LogP contribution in [0, 0.1) is 20.8 Å². The molecule has 0 saturated heterocycles. The summed E-state index contributed by atoms with van der Waals surface area (Å²) in [5, 5.41) is 8.08. The number of hydrogen-bond acceptors (Lipinski definition) is 3. The number of nitrogens with one attached hydrogen (secondary N) is 1. The molecule has 0 bridgehead atoms. The minimum atomic E-state index is 0.160. The molecular weight excluding hydrogens is 236 g/mol. The zero-order valence-corrected chi connectivity index (χ0v) is 12.4. The highest BCUT2D eigenvalue weighted by Crippen LogP contribution is 2.28. The fraction of sp³-hybridized carbons (Fsp3) is 0.467. The zero-order chi connectivity index (χ0) is 14.0. The minimum Gasteiger partial charge on any atom is -0.306 e. The fourth-order valence-corrected chi connectivity index (χ4v) is 2.56. The van der Waals surface area contributed by atoms with Crippen LogP contribution in [0.3, 0.4) is 0 Å². The Morgan fingerprint density at radius 3 is 2.58 bits per heavy atom. The monoisotopic (exact) mass is 258 g/mol. The predicted molar refractivity (Wildman–Crippen MR) is 77.2 cm³/mol. The van der Waals surface area contributed by atoms with Gasteiger partial charge in [-0.15, -0.1) is 0 Å². The molecule has 0 aromatic carbocycles. The van der Waals surface area contributed by atoms with Gasteiger partial charge in [0, 0.05) is 30.7 Å². The molecule has 2 aromatic rings. The highest BCUT2D eigenvalue weighted by Gasteiger charge is 2.22. The van der Waals surface area contributed by atoms with Crippen LogP contribution in [0.5, 0.6) is 0 Å². The summed E-state index contributed by atoms with van der Waals surface area (Å²) >= 11 is 0. The molecule has 0 aliphatic carbocycles. The SMILES string of the molecule is CCNC(c1cnccc1C)c1c(C)nn(C)c1C. The van der Waals surface area contributed by atoms with Gasteiger partial charge < -0.3 is 5.32 Å². The van der Waals surface area contributed by atoms with Gasteiger partial charge in [-0.05, 0) is 44.5 Å². The van der Waals surface area contributed by atoms with E-state index in [9.17, 15) is 0 Å². The van der Waals surface area contributed by atoms with Crippen molar-refractivity contribution in [2.75, 3.05) is 6.54 Å². The summed E-state index contributed by atoms with van der Waals surface area (Å²) in [5.41, 5.74) is 6.02. The molecule has 0 spiro atoms. The lowest BCUT2D eigenvalue weighted by Crippen LogP contribution is -2.24. The Morgan fingerprint density at radius 1 is 1.32 bits per heavy atom. The van der Waals surface area contributed by atoms with Crippen molar-refractivity contribution < 1.29 is 0 Å². The van der Waals surface area contributed by atoms with E-state index < -0.39 is 0 Å². The van der Waals surface area contributed by atoms with Crippen molar-refractivity contribution in [3.63, 3.8) is 0 Å². The van der Waals surface area contributed by atoms with Crippen LogP contribution in [0.25, 0.3) is 0 Å². The molecule has 102 valence electrons. The van der Waals surface area contributed by atoms with Gasteiger partial charge in [0.1, 0.15) is 0 Å². The Kier molecular flexibility index (Phi) is 4.00. The van der Waals surface area contributed by atoms with Gasteiger partial charge in [0.15, 0.2) is 0 Å². The van der Waals surface area contributed by atoms with Gasteiger partial charge in [0.2, 0.25) is 0 Å². The van der Waals surface area contributed by atoms with Gasteiger partial charge in [-0.25, -0.2) is 0 Å². The summed E-state index contributed by atoms with van der Waals surface area (Å²) < 4.78 is 1.95. The molecule has 0 fully saturated rings. The van der Waals surface area contributed by atoms with E-state index in [0.717, 1.165) is 12.2 Å². The number of pyridine rings is 1. The van der Waals surface area contributed by atoms with E-state index in [-0.39, 0.29) is 6.04 Å². The second kappa shape index (κ2) is 5.53. The first-order chi connectivity index (χ1) is 9.06. The first kappa shape index (κ1) is 13.7. The molecule has 0 radical (unpaired) electrons. The number of rotatable bonds is 4. The minimum absolute atomic E-state index is 0.160. The van der Waals surface area contributed by atoms with Gasteiger partial charge in [-0.1, -0.05) is 6.92 Å². The van der Waals surface area contributed by atoms with Crippen LogP contribution in [0.15, 0.2) is 18.5 Å². The number of aryl methyl sites for hydroxylation is 3. The van der Waals surface area contributed by atoms with Crippen LogP contribution in [0.1, 0.15) is 41.0 Å². The van der Waals surface area contributed by atoms with Crippen molar-refractivity contribution in [1.29, 1.82) is 0 Å². The molecule has 2 aromatic heterocycles. The normalized spacial score (nSPS) is 12.7. The van der Waals surface area contributed by atoms with Crippen molar-refractivity contribution in [1.82, 2.24) is 20.1 Å². The van der Waals surface area contributed by atoms with E-state index in [1.165, 1.54) is 22.4 Å². The first-order valence-corrected chi connectivity index (χ1v) is 6.70. The molecule has 1 atom stereocenters. The van der Waals surface area contributed by atoms with Crippen LogP contribution in [-0.2, 0) is 7.05 Å². The van der Waals surface area contributed by atoms with Gasteiger partial charge in [-0.3, -0.25) is 9.67 Å². The van der Waals surface area contributed by atoms with Gasteiger partial charge in [0.05, 0.1) is 11.7 Å². The molecule has 4 heteroatoms. The molecule has 0 aliphatic rings. The third kappa shape index (κ3) is 2.54. The first-order valence-electron chi connectivity index (χ1n) is 6.70. The average Bonchev–Trinajstić information content (AvgIpc) is 2.62. The standard InChI is InChI=1S/C15H22N4/c1-6-17-15(13-9-16-8-7-10(13)2)14-11(3)18-19(5)12(14)4/h7-9,15,17H,6H2,1-5H3. The number of hydrogen-bond donors (Lipinski definition) is 1. The summed E-state index contributed by atoms with van der Waals surface area (Å²) in [5.74, 6) is 0. The molecule has 19 heavy (non-hydrogen) atoms. The van der Waals surface area contributed by atoms with Crippen molar-refractivity contribution in [2.45, 2.75) is 33.7 Å². The average molecular weight is 258 g/mol. The smallest absolute Gasteiger partial charge is 0.0647 e. The summed E-state index contributed by atoms with van der Waals surface area (Å²) in [6.07, 6.45) is 3.79. The van der Waals surface area contributed by atoms with E-state index in [2.05, 4.69) is 49.2 Å². The third-order valence-electron chi connectivity index (χ3n) is 3.65. The van der Waals surface area contributed by atoms with E-state index in [1.807, 2.05) is 24.1 Å². The second-order valence-corrected chi connectivity index (χ2v) is 4.93. The predicted octanol–water partition coefficient (Wildman–Crippen LogP) is 2.44. The Labute approximate surface area is 114 Å². The zero-order valence-electron chi connectivity index (χ0n) is 12.4. The van der Waals surface area contributed by atoms with E-state index >= 15 is 0 Å². The molecule has 2 heterocycles. The molecule has 1 N–H and O–H groups in total. The molecule has 2 rings (SSSR count). The summed E-state index contributed by atoms with van der Waals surface area (Å²) in [6, 6.07) is 2.22. The maximum absolute atomic E-state index is 4.53. The van der Waals surface area contributed by atoms with Crippen LogP contribution in [0.4, 0.5) is 0 Å². The molecule has 4 nitrogen and oxygen atoms in total. The largest absolute Gasteiger partial charge is 0.306 e. The van der Waals surface area contributed by atoms with Crippen LogP contribution in [0.2, 0.25) is 0 Å². The Morgan fingerprint density at radius 2 is 2.05 bits per heavy atom. The molecule has 0 aliphatic heterocycles. The van der Waals surface area contributed by atoms with Crippen molar-refractivity contribution in [3.8, 4) is 0 Å². The third-order valence-corrected chi connectivity index (χ3v) is 3.65. The molecule has 1 unspecified atom stereocenters. The Hall–Kier alpha value is -1.68. The van der Waals surface area contributed by atoms with Crippen LogP contribution < -0.4 is 5.32 Å². The van der Waals surface area contributed by atoms with Crippen LogP contribution in [-0.4, -0.2) is 21.3 Å². The summed E-state index contributed by atoms with van der Waals surface area (Å²) in [4.78, 5) is 4.27.